The molecule has 0 radical (unpaired) electrons. The van der Waals surface area contributed by atoms with Crippen LogP contribution in [0.4, 0.5) is 0 Å². The van der Waals surface area contributed by atoms with E-state index in [1.165, 1.54) is 7.11 Å². The number of ketones is 1. The van der Waals surface area contributed by atoms with Crippen molar-refractivity contribution in [2.75, 3.05) is 7.11 Å². The Labute approximate surface area is 123 Å². The fraction of sp³-hybridized carbons (Fsp3) is 0.750. The lowest BCUT2D eigenvalue weighted by molar-refractivity contribution is -0.174. The molecule has 0 aromatic carbocycles. The molecule has 0 N–H and O–H groups in total. The van der Waals surface area contributed by atoms with Crippen molar-refractivity contribution in [1.29, 1.82) is 0 Å². The molecule has 0 aromatic rings. The number of rotatable bonds is 1. The summed E-state index contributed by atoms with van der Waals surface area (Å²) in [5, 5.41) is 0. The number of hydrogen-bond donors (Lipinski definition) is 0. The van der Waals surface area contributed by atoms with Gasteiger partial charge in [0.05, 0.1) is 19.3 Å². The van der Waals surface area contributed by atoms with Gasteiger partial charge in [-0.15, -0.1) is 0 Å². The van der Waals surface area contributed by atoms with Crippen molar-refractivity contribution in [1.82, 2.24) is 0 Å². The van der Waals surface area contributed by atoms with E-state index in [4.69, 9.17) is 14.2 Å². The second-order valence-corrected chi connectivity index (χ2v) is 7.01. The van der Waals surface area contributed by atoms with E-state index in [1.54, 1.807) is 0 Å². The fourth-order valence-corrected chi connectivity index (χ4v) is 5.15. The number of Topliss-reactive ketones (excluding diaryl/α,β-unsaturated/α-hetero) is 1. The van der Waals surface area contributed by atoms with E-state index in [9.17, 15) is 9.59 Å². The molecule has 2 bridgehead atoms. The molecule has 21 heavy (non-hydrogen) atoms. The first-order valence-corrected chi connectivity index (χ1v) is 7.56. The maximum atomic E-state index is 12.7. The Bertz CT molecular complexity index is 551. The van der Waals surface area contributed by atoms with Crippen LogP contribution in [0.1, 0.15) is 26.7 Å². The van der Waals surface area contributed by atoms with E-state index in [0.717, 1.165) is 6.42 Å². The first-order chi connectivity index (χ1) is 9.91. The normalized spacial score (nSPS) is 49.1. The molecule has 1 saturated heterocycles. The zero-order valence-electron chi connectivity index (χ0n) is 12.5. The minimum absolute atomic E-state index is 0.0247. The predicted octanol–water partition coefficient (Wildman–Crippen LogP) is 1.46. The first kappa shape index (κ1) is 13.5. The van der Waals surface area contributed by atoms with Crippen molar-refractivity contribution >= 4 is 11.8 Å². The molecule has 1 unspecified atom stereocenters. The van der Waals surface area contributed by atoms with Gasteiger partial charge in [-0.25, -0.2) is 0 Å². The summed E-state index contributed by atoms with van der Waals surface area (Å²) in [6.45, 7) is 3.77. The van der Waals surface area contributed by atoms with Crippen LogP contribution in [0, 0.1) is 23.2 Å². The molecule has 1 heterocycles. The summed E-state index contributed by atoms with van der Waals surface area (Å²) in [7, 11) is 1.36. The van der Waals surface area contributed by atoms with Gasteiger partial charge in [0, 0.05) is 18.3 Å². The molecule has 3 fully saturated rings. The van der Waals surface area contributed by atoms with Crippen molar-refractivity contribution in [3.63, 3.8) is 0 Å². The van der Waals surface area contributed by atoms with Crippen LogP contribution < -0.4 is 0 Å². The summed E-state index contributed by atoms with van der Waals surface area (Å²) < 4.78 is 17.1. The van der Waals surface area contributed by atoms with Gasteiger partial charge in [0.25, 0.3) is 0 Å². The van der Waals surface area contributed by atoms with Gasteiger partial charge >= 0.3 is 5.97 Å². The molecule has 5 nitrogen and oxygen atoms in total. The molecule has 2 saturated carbocycles. The Balaban J connectivity index is 1.82. The smallest absolute Gasteiger partial charge is 0.320 e. The van der Waals surface area contributed by atoms with Crippen LogP contribution in [0.2, 0.25) is 0 Å². The van der Waals surface area contributed by atoms with E-state index >= 15 is 0 Å². The average Bonchev–Trinajstić information content (AvgIpc) is 3.03. The summed E-state index contributed by atoms with van der Waals surface area (Å²) in [5.74, 6) is -1.17. The Morgan fingerprint density at radius 1 is 1.33 bits per heavy atom. The van der Waals surface area contributed by atoms with Gasteiger partial charge in [0.15, 0.2) is 11.6 Å². The standard InChI is InChI=1S/C16H20O5/c1-15(2)20-12-8-7-10(13(12)21-15)16(14(18)19-3)9(8)5-4-6-11(16)17/h4-5,8-10,12-13H,6-7H2,1-3H3/t8-,9?,10-,12-,13+,16-/m1/s1. The van der Waals surface area contributed by atoms with Crippen LogP contribution in [-0.4, -0.2) is 36.9 Å². The summed E-state index contributed by atoms with van der Waals surface area (Å²) in [4.78, 5) is 25.2. The molecule has 4 rings (SSSR count). The lowest BCUT2D eigenvalue weighted by Gasteiger charge is -2.44. The summed E-state index contributed by atoms with van der Waals surface area (Å²) >= 11 is 0. The number of fused-ring (bicyclic) bond motifs is 8. The number of hydrogen-bond acceptors (Lipinski definition) is 5. The van der Waals surface area contributed by atoms with Crippen LogP contribution in [-0.2, 0) is 23.8 Å². The maximum Gasteiger partial charge on any atom is 0.320 e. The van der Waals surface area contributed by atoms with Gasteiger partial charge < -0.3 is 14.2 Å². The predicted molar refractivity (Wildman–Crippen MR) is 72.1 cm³/mol. The van der Waals surface area contributed by atoms with E-state index in [1.807, 2.05) is 26.0 Å². The van der Waals surface area contributed by atoms with Gasteiger partial charge in [-0.05, 0) is 26.2 Å². The van der Waals surface area contributed by atoms with Gasteiger partial charge in [0.1, 0.15) is 5.41 Å². The summed E-state index contributed by atoms with van der Waals surface area (Å²) in [6, 6.07) is 0. The summed E-state index contributed by atoms with van der Waals surface area (Å²) in [5.41, 5.74) is -1.06. The molecule has 0 aromatic heterocycles. The fourth-order valence-electron chi connectivity index (χ4n) is 5.15. The largest absolute Gasteiger partial charge is 0.468 e. The lowest BCUT2D eigenvalue weighted by atomic mass is 9.59. The Morgan fingerprint density at radius 3 is 2.76 bits per heavy atom. The van der Waals surface area contributed by atoms with Crippen LogP contribution >= 0.6 is 0 Å². The Morgan fingerprint density at radius 2 is 2.05 bits per heavy atom. The SMILES string of the molecule is COC(=O)[C@]12C(=O)CC=CC1[C@H]1C[C@@H]2[C@@H]2OC(C)(C)O[C@@H]21. The van der Waals surface area contributed by atoms with E-state index in [2.05, 4.69) is 0 Å². The van der Waals surface area contributed by atoms with Crippen LogP contribution in [0.5, 0.6) is 0 Å². The molecular weight excluding hydrogens is 272 g/mol. The molecule has 114 valence electrons. The molecule has 6 atom stereocenters. The van der Waals surface area contributed by atoms with Crippen LogP contribution in [0.3, 0.4) is 0 Å². The van der Waals surface area contributed by atoms with Gasteiger partial charge in [-0.1, -0.05) is 12.2 Å². The van der Waals surface area contributed by atoms with Gasteiger partial charge in [0.2, 0.25) is 0 Å². The molecule has 3 aliphatic carbocycles. The first-order valence-electron chi connectivity index (χ1n) is 7.56. The highest BCUT2D eigenvalue weighted by Gasteiger charge is 2.75. The highest BCUT2D eigenvalue weighted by Crippen LogP contribution is 2.66. The molecule has 1 aliphatic heterocycles. The van der Waals surface area contributed by atoms with Crippen molar-refractivity contribution in [3.8, 4) is 0 Å². The van der Waals surface area contributed by atoms with Gasteiger partial charge in [-0.3, -0.25) is 9.59 Å². The highest BCUT2D eigenvalue weighted by atomic mass is 16.8. The highest BCUT2D eigenvalue weighted by molar-refractivity contribution is 6.06. The van der Waals surface area contributed by atoms with Crippen LogP contribution in [0.25, 0.3) is 0 Å². The number of esters is 1. The van der Waals surface area contributed by atoms with E-state index < -0.39 is 17.2 Å². The molecule has 5 heteroatoms. The zero-order chi connectivity index (χ0) is 15.0. The minimum atomic E-state index is -1.06. The van der Waals surface area contributed by atoms with Crippen molar-refractivity contribution in [3.05, 3.63) is 12.2 Å². The monoisotopic (exact) mass is 292 g/mol. The lowest BCUT2D eigenvalue weighted by Crippen LogP contribution is -2.57. The maximum absolute atomic E-state index is 12.7. The Kier molecular flexibility index (Phi) is 2.54. The Hall–Kier alpha value is -1.20. The topological polar surface area (TPSA) is 61.8 Å². The van der Waals surface area contributed by atoms with E-state index in [-0.39, 0.29) is 35.7 Å². The molecule has 0 amide bonds. The number of carbonyl (C=O) groups excluding carboxylic acids is 2. The third-order valence-corrected chi connectivity index (χ3v) is 5.71. The second kappa shape index (κ2) is 3.96. The van der Waals surface area contributed by atoms with Gasteiger partial charge in [-0.2, -0.15) is 0 Å². The number of ether oxygens (including phenoxy) is 3. The van der Waals surface area contributed by atoms with Crippen molar-refractivity contribution < 1.29 is 23.8 Å². The number of methoxy groups -OCH3 is 1. The third-order valence-electron chi connectivity index (χ3n) is 5.71. The zero-order valence-corrected chi connectivity index (χ0v) is 12.5. The number of carbonyl (C=O) groups is 2. The molecule has 0 spiro atoms. The van der Waals surface area contributed by atoms with Crippen molar-refractivity contribution in [2.24, 2.45) is 23.2 Å². The van der Waals surface area contributed by atoms with Crippen molar-refractivity contribution in [2.45, 2.75) is 44.7 Å². The van der Waals surface area contributed by atoms with Crippen LogP contribution in [0.15, 0.2) is 12.2 Å². The summed E-state index contributed by atoms with van der Waals surface area (Å²) in [6.07, 6.45) is 4.79. The van der Waals surface area contributed by atoms with E-state index in [0.29, 0.717) is 6.42 Å². The molecule has 4 aliphatic rings. The minimum Gasteiger partial charge on any atom is -0.468 e. The average molecular weight is 292 g/mol. The second-order valence-electron chi connectivity index (χ2n) is 7.01. The quantitative estimate of drug-likeness (QED) is 0.416. The number of allylic oxidation sites excluding steroid dienone is 2. The third kappa shape index (κ3) is 1.44. The molecular formula is C16H20O5.